The van der Waals surface area contributed by atoms with Crippen LogP contribution in [0.15, 0.2) is 30.3 Å². The van der Waals surface area contributed by atoms with Crippen LogP contribution in [0.2, 0.25) is 0 Å². The van der Waals surface area contributed by atoms with Crippen molar-refractivity contribution in [3.8, 4) is 5.75 Å². The predicted molar refractivity (Wildman–Crippen MR) is 92.2 cm³/mol. The lowest BCUT2D eigenvalue weighted by Crippen LogP contribution is -3.19. The van der Waals surface area contributed by atoms with Gasteiger partial charge in [0.05, 0.1) is 6.04 Å². The normalized spacial score (nSPS) is 28.6. The Balaban J connectivity index is 1.43. The smallest absolute Gasteiger partial charge is 0.260 e. The van der Waals surface area contributed by atoms with Gasteiger partial charge in [0.2, 0.25) is 0 Å². The van der Waals surface area contributed by atoms with Crippen LogP contribution < -0.4 is 9.64 Å². The third kappa shape index (κ3) is 4.48. The minimum absolute atomic E-state index is 0.0935. The number of ether oxygens (including phenoxy) is 2. The van der Waals surface area contributed by atoms with Gasteiger partial charge < -0.3 is 19.3 Å². The number of benzene rings is 1. The van der Waals surface area contributed by atoms with Crippen LogP contribution in [0.3, 0.4) is 0 Å². The first-order valence-electron chi connectivity index (χ1n) is 9.07. The summed E-state index contributed by atoms with van der Waals surface area (Å²) >= 11 is 0. The van der Waals surface area contributed by atoms with E-state index in [4.69, 9.17) is 9.47 Å². The highest BCUT2D eigenvalue weighted by atomic mass is 16.5. The van der Waals surface area contributed by atoms with Gasteiger partial charge in [-0.25, -0.2) is 0 Å². The van der Waals surface area contributed by atoms with E-state index in [1.54, 1.807) is 4.90 Å². The predicted octanol–water partition coefficient (Wildman–Crippen LogP) is 0.749. The lowest BCUT2D eigenvalue weighted by atomic mass is 10.0. The highest BCUT2D eigenvalue weighted by molar-refractivity contribution is 5.77. The fraction of sp³-hybridized carbons (Fsp3) is 0.632. The summed E-state index contributed by atoms with van der Waals surface area (Å²) in [5.41, 5.74) is 0. The summed E-state index contributed by atoms with van der Waals surface area (Å²) in [5, 5.41) is 0. The van der Waals surface area contributed by atoms with Crippen LogP contribution in [0, 0.1) is 0 Å². The van der Waals surface area contributed by atoms with Crippen molar-refractivity contribution in [2.75, 3.05) is 32.8 Å². The lowest BCUT2D eigenvalue weighted by Gasteiger charge is -2.40. The molecular weight excluding hydrogens is 304 g/mol. The summed E-state index contributed by atoms with van der Waals surface area (Å²) in [6.45, 7) is 8.31. The van der Waals surface area contributed by atoms with Crippen molar-refractivity contribution < 1.29 is 19.2 Å². The second kappa shape index (κ2) is 7.99. The van der Waals surface area contributed by atoms with E-state index in [9.17, 15) is 4.79 Å². The van der Waals surface area contributed by atoms with E-state index in [2.05, 4.69) is 13.8 Å². The molecule has 0 radical (unpaired) electrons. The van der Waals surface area contributed by atoms with Gasteiger partial charge in [-0.2, -0.15) is 0 Å². The summed E-state index contributed by atoms with van der Waals surface area (Å²) in [6.07, 6.45) is 2.82. The molecule has 3 atom stereocenters. The Bertz CT molecular complexity index is 519. The van der Waals surface area contributed by atoms with Crippen molar-refractivity contribution in [1.29, 1.82) is 0 Å². The maximum atomic E-state index is 12.3. The molecule has 1 unspecified atom stereocenters. The van der Waals surface area contributed by atoms with E-state index in [1.807, 2.05) is 35.2 Å². The molecule has 24 heavy (non-hydrogen) atoms. The molecule has 0 aromatic heterocycles. The third-order valence-corrected chi connectivity index (χ3v) is 5.09. The van der Waals surface area contributed by atoms with Crippen molar-refractivity contribution >= 4 is 5.91 Å². The molecule has 0 spiro atoms. The second-order valence-corrected chi connectivity index (χ2v) is 7.08. The summed E-state index contributed by atoms with van der Waals surface area (Å²) in [7, 11) is 0. The molecule has 0 bridgehead atoms. The molecule has 2 heterocycles. The molecule has 1 amide bonds. The van der Waals surface area contributed by atoms with Crippen LogP contribution in [0.4, 0.5) is 0 Å². The van der Waals surface area contributed by atoms with Crippen LogP contribution in [0.5, 0.6) is 5.75 Å². The molecule has 0 aliphatic carbocycles. The van der Waals surface area contributed by atoms with Crippen molar-refractivity contribution in [2.24, 2.45) is 0 Å². The van der Waals surface area contributed by atoms with E-state index < -0.39 is 0 Å². The molecule has 0 saturated carbocycles. The zero-order valence-electron chi connectivity index (χ0n) is 14.7. The first kappa shape index (κ1) is 17.2. The van der Waals surface area contributed by atoms with Crippen molar-refractivity contribution in [3.05, 3.63) is 30.3 Å². The quantitative estimate of drug-likeness (QED) is 0.884. The largest absolute Gasteiger partial charge is 0.484 e. The minimum atomic E-state index is 0.0935. The lowest BCUT2D eigenvalue weighted by molar-refractivity contribution is -0.940. The number of carbonyl (C=O) groups excluding carboxylic acids is 1. The Morgan fingerprint density at radius 1 is 1.17 bits per heavy atom. The monoisotopic (exact) mass is 333 g/mol. The average molecular weight is 333 g/mol. The summed E-state index contributed by atoms with van der Waals surface area (Å²) in [4.78, 5) is 15.9. The third-order valence-electron chi connectivity index (χ3n) is 5.09. The van der Waals surface area contributed by atoms with Crippen molar-refractivity contribution in [2.45, 2.75) is 44.9 Å². The van der Waals surface area contributed by atoms with Crippen LogP contribution in [-0.2, 0) is 9.53 Å². The average Bonchev–Trinajstić information content (AvgIpc) is 2.60. The van der Waals surface area contributed by atoms with Gasteiger partial charge in [-0.05, 0) is 26.0 Å². The Morgan fingerprint density at radius 3 is 2.42 bits per heavy atom. The first-order valence-corrected chi connectivity index (χ1v) is 9.07. The molecule has 2 aliphatic heterocycles. The molecule has 1 N–H and O–H groups in total. The van der Waals surface area contributed by atoms with Crippen LogP contribution in [-0.4, -0.2) is 61.8 Å². The van der Waals surface area contributed by atoms with Gasteiger partial charge >= 0.3 is 0 Å². The Morgan fingerprint density at radius 2 is 1.79 bits per heavy atom. The topological polar surface area (TPSA) is 43.2 Å². The van der Waals surface area contributed by atoms with Crippen LogP contribution >= 0.6 is 0 Å². The van der Waals surface area contributed by atoms with Gasteiger partial charge in [0.15, 0.2) is 6.61 Å². The number of carbonyl (C=O) groups is 1. The van der Waals surface area contributed by atoms with E-state index in [0.717, 1.165) is 44.8 Å². The second-order valence-electron chi connectivity index (χ2n) is 7.08. The number of morpholine rings is 1. The fourth-order valence-corrected chi connectivity index (χ4v) is 3.94. The van der Waals surface area contributed by atoms with Gasteiger partial charge in [-0.1, -0.05) is 18.2 Å². The molecule has 2 saturated heterocycles. The SMILES string of the molecule is C[C@@H]1C[NH+](C2CCN(C(=O)COc3ccccc3)CC2)C[C@H](C)O1. The van der Waals surface area contributed by atoms with Crippen molar-refractivity contribution in [3.63, 3.8) is 0 Å². The zero-order valence-corrected chi connectivity index (χ0v) is 14.7. The zero-order chi connectivity index (χ0) is 16.9. The molecule has 2 fully saturated rings. The van der Waals surface area contributed by atoms with Crippen LogP contribution in [0.25, 0.3) is 0 Å². The summed E-state index contributed by atoms with van der Waals surface area (Å²) < 4.78 is 11.4. The molecule has 1 aromatic rings. The number of amides is 1. The molecule has 5 nitrogen and oxygen atoms in total. The number of nitrogens with zero attached hydrogens (tertiary/aromatic N) is 1. The Hall–Kier alpha value is -1.59. The van der Waals surface area contributed by atoms with Gasteiger partial charge in [-0.15, -0.1) is 0 Å². The van der Waals surface area contributed by atoms with E-state index in [1.165, 1.54) is 0 Å². The van der Waals surface area contributed by atoms with Gasteiger partial charge in [-0.3, -0.25) is 4.79 Å². The molecular formula is C19H29N2O3+. The van der Waals surface area contributed by atoms with Gasteiger partial charge in [0.1, 0.15) is 31.0 Å². The number of likely N-dealkylation sites (tertiary alicyclic amines) is 1. The summed E-state index contributed by atoms with van der Waals surface area (Å²) in [5.74, 6) is 0.845. The fourth-order valence-electron chi connectivity index (χ4n) is 3.94. The van der Waals surface area contributed by atoms with E-state index in [0.29, 0.717) is 18.2 Å². The number of piperidine rings is 1. The summed E-state index contributed by atoms with van der Waals surface area (Å²) in [6, 6.07) is 10.2. The standard InChI is InChI=1S/C19H28N2O3/c1-15-12-21(13-16(2)24-15)17-8-10-20(11-9-17)19(22)14-23-18-6-4-3-5-7-18/h3-7,15-17H,8-14H2,1-2H3/p+1/t15-,16+. The number of rotatable bonds is 4. The maximum Gasteiger partial charge on any atom is 0.260 e. The molecule has 1 aromatic carbocycles. The maximum absolute atomic E-state index is 12.3. The van der Waals surface area contributed by atoms with E-state index >= 15 is 0 Å². The molecule has 132 valence electrons. The first-order chi connectivity index (χ1) is 11.6. The number of quaternary nitrogens is 1. The Labute approximate surface area is 144 Å². The number of para-hydroxylation sites is 1. The highest BCUT2D eigenvalue weighted by Gasteiger charge is 2.34. The van der Waals surface area contributed by atoms with Gasteiger partial charge in [0, 0.05) is 25.9 Å². The Kier molecular flexibility index (Phi) is 5.74. The molecule has 2 aliphatic rings. The van der Waals surface area contributed by atoms with Crippen LogP contribution in [0.1, 0.15) is 26.7 Å². The number of nitrogens with one attached hydrogen (secondary N) is 1. The molecule has 5 heteroatoms. The van der Waals surface area contributed by atoms with E-state index in [-0.39, 0.29) is 12.5 Å². The number of hydrogen-bond donors (Lipinski definition) is 1. The minimum Gasteiger partial charge on any atom is -0.484 e. The highest BCUT2D eigenvalue weighted by Crippen LogP contribution is 2.12. The van der Waals surface area contributed by atoms with Gasteiger partial charge in [0.25, 0.3) is 5.91 Å². The van der Waals surface area contributed by atoms with Crippen molar-refractivity contribution in [1.82, 2.24) is 4.90 Å². The number of hydrogen-bond acceptors (Lipinski definition) is 3. The molecule has 3 rings (SSSR count).